The van der Waals surface area contributed by atoms with Gasteiger partial charge in [0.15, 0.2) is 5.76 Å². The van der Waals surface area contributed by atoms with Gasteiger partial charge in [0, 0.05) is 12.1 Å². The van der Waals surface area contributed by atoms with Crippen LogP contribution in [0.25, 0.3) is 0 Å². The third kappa shape index (κ3) is 2.85. The Morgan fingerprint density at radius 3 is 2.69 bits per heavy atom. The molecule has 1 aromatic heterocycles. The molecule has 0 aliphatic carbocycles. The summed E-state index contributed by atoms with van der Waals surface area (Å²) in [5.74, 6) is -0.336. The van der Waals surface area contributed by atoms with E-state index in [1.807, 2.05) is 6.92 Å². The summed E-state index contributed by atoms with van der Waals surface area (Å²) in [6, 6.07) is 1.13. The quantitative estimate of drug-likeness (QED) is 0.796. The van der Waals surface area contributed by atoms with Crippen LogP contribution >= 0.6 is 0 Å². The Morgan fingerprint density at radius 1 is 1.50 bits per heavy atom. The molecular weight excluding hydrogens is 208 g/mol. The average Bonchev–Trinajstić information content (AvgIpc) is 2.64. The highest BCUT2D eigenvalue weighted by molar-refractivity contribution is 5.96. The first kappa shape index (κ1) is 12.3. The summed E-state index contributed by atoms with van der Waals surface area (Å²) in [6.45, 7) is 5.76. The van der Waals surface area contributed by atoms with Gasteiger partial charge in [-0.1, -0.05) is 0 Å². The Morgan fingerprint density at radius 2 is 2.19 bits per heavy atom. The van der Waals surface area contributed by atoms with Gasteiger partial charge in [0.25, 0.3) is 5.91 Å². The molecule has 0 fully saturated rings. The van der Waals surface area contributed by atoms with Crippen molar-refractivity contribution < 1.29 is 14.0 Å². The predicted molar refractivity (Wildman–Crippen MR) is 59.1 cm³/mol. The molecule has 0 spiro atoms. The van der Waals surface area contributed by atoms with Gasteiger partial charge in [0.1, 0.15) is 6.04 Å². The average molecular weight is 224 g/mol. The zero-order valence-corrected chi connectivity index (χ0v) is 9.66. The van der Waals surface area contributed by atoms with Gasteiger partial charge in [-0.3, -0.25) is 9.59 Å². The van der Waals surface area contributed by atoms with Crippen LogP contribution < -0.4 is 10.6 Å². The van der Waals surface area contributed by atoms with E-state index in [9.17, 15) is 9.59 Å². The van der Waals surface area contributed by atoms with E-state index < -0.39 is 6.04 Å². The van der Waals surface area contributed by atoms with E-state index in [-0.39, 0.29) is 17.6 Å². The number of carbonyl (C=O) groups is 2. The molecule has 1 atom stereocenters. The molecule has 0 radical (unpaired) electrons. The van der Waals surface area contributed by atoms with Crippen LogP contribution in [0.5, 0.6) is 0 Å². The second kappa shape index (κ2) is 5.34. The number of likely N-dealkylation sites (N-methyl/N-ethyl adjacent to an activating group) is 1. The van der Waals surface area contributed by atoms with E-state index in [2.05, 4.69) is 10.6 Å². The van der Waals surface area contributed by atoms with E-state index in [4.69, 9.17) is 4.42 Å². The maximum atomic E-state index is 11.7. The molecule has 5 nitrogen and oxygen atoms in total. The maximum absolute atomic E-state index is 11.7. The van der Waals surface area contributed by atoms with E-state index in [0.29, 0.717) is 6.54 Å². The second-order valence-electron chi connectivity index (χ2n) is 3.52. The number of nitrogens with one attached hydrogen (secondary N) is 2. The first-order chi connectivity index (χ1) is 7.56. The lowest BCUT2D eigenvalue weighted by Gasteiger charge is -2.12. The highest BCUT2D eigenvalue weighted by Crippen LogP contribution is 2.08. The lowest BCUT2D eigenvalue weighted by atomic mass is 10.2. The molecule has 1 aromatic rings. The number of hydrogen-bond donors (Lipinski definition) is 2. The SMILES string of the molecule is CCNC(=O)C(C)NC(=O)c1occc1C. The van der Waals surface area contributed by atoms with Crippen molar-refractivity contribution in [2.45, 2.75) is 26.8 Å². The second-order valence-corrected chi connectivity index (χ2v) is 3.52. The van der Waals surface area contributed by atoms with E-state index in [1.54, 1.807) is 19.9 Å². The predicted octanol–water partition coefficient (Wildman–Crippen LogP) is 0.842. The molecule has 0 aliphatic rings. The molecule has 1 heterocycles. The van der Waals surface area contributed by atoms with Crippen LogP contribution in [-0.4, -0.2) is 24.4 Å². The van der Waals surface area contributed by atoms with Crippen LogP contribution in [0, 0.1) is 6.92 Å². The molecule has 0 aromatic carbocycles. The third-order valence-corrected chi connectivity index (χ3v) is 2.16. The molecule has 88 valence electrons. The number of hydrogen-bond acceptors (Lipinski definition) is 3. The summed E-state index contributed by atoms with van der Waals surface area (Å²) in [5, 5.41) is 5.19. The summed E-state index contributed by atoms with van der Waals surface area (Å²) in [5.41, 5.74) is 0.751. The Labute approximate surface area is 94.2 Å². The normalized spacial score (nSPS) is 11.9. The first-order valence-corrected chi connectivity index (χ1v) is 5.19. The molecule has 0 aliphatic heterocycles. The van der Waals surface area contributed by atoms with Gasteiger partial charge < -0.3 is 15.1 Å². The molecule has 0 saturated carbocycles. The minimum Gasteiger partial charge on any atom is -0.459 e. The zero-order chi connectivity index (χ0) is 12.1. The fourth-order valence-corrected chi connectivity index (χ4v) is 1.26. The molecule has 5 heteroatoms. The zero-order valence-electron chi connectivity index (χ0n) is 9.66. The molecule has 1 unspecified atom stereocenters. The van der Waals surface area contributed by atoms with Crippen molar-refractivity contribution in [3.8, 4) is 0 Å². The molecule has 16 heavy (non-hydrogen) atoms. The van der Waals surface area contributed by atoms with Crippen LogP contribution in [0.1, 0.15) is 30.0 Å². The van der Waals surface area contributed by atoms with Crippen molar-refractivity contribution in [2.75, 3.05) is 6.54 Å². The lowest BCUT2D eigenvalue weighted by molar-refractivity contribution is -0.122. The monoisotopic (exact) mass is 224 g/mol. The summed E-state index contributed by atoms with van der Waals surface area (Å²) in [7, 11) is 0. The van der Waals surface area contributed by atoms with Gasteiger partial charge in [-0.05, 0) is 26.8 Å². The molecule has 0 saturated heterocycles. The number of aryl methyl sites for hydroxylation is 1. The lowest BCUT2D eigenvalue weighted by Crippen LogP contribution is -2.44. The largest absolute Gasteiger partial charge is 0.459 e. The molecule has 0 bridgehead atoms. The number of carbonyl (C=O) groups excluding carboxylic acids is 2. The standard InChI is InChI=1S/C11H16N2O3/c1-4-12-10(14)8(3)13-11(15)9-7(2)5-6-16-9/h5-6,8H,4H2,1-3H3,(H,12,14)(H,13,15). The number of rotatable bonds is 4. The highest BCUT2D eigenvalue weighted by Gasteiger charge is 2.18. The van der Waals surface area contributed by atoms with E-state index in [1.165, 1.54) is 6.26 Å². The van der Waals surface area contributed by atoms with Crippen molar-refractivity contribution >= 4 is 11.8 Å². The van der Waals surface area contributed by atoms with Crippen molar-refractivity contribution in [3.05, 3.63) is 23.7 Å². The van der Waals surface area contributed by atoms with Crippen LogP contribution in [-0.2, 0) is 4.79 Å². The van der Waals surface area contributed by atoms with Crippen molar-refractivity contribution in [1.29, 1.82) is 0 Å². The maximum Gasteiger partial charge on any atom is 0.287 e. The minimum absolute atomic E-state index is 0.208. The molecule has 2 N–H and O–H groups in total. The van der Waals surface area contributed by atoms with Gasteiger partial charge in [-0.2, -0.15) is 0 Å². The topological polar surface area (TPSA) is 71.3 Å². The van der Waals surface area contributed by atoms with Crippen LogP contribution in [0.3, 0.4) is 0 Å². The highest BCUT2D eigenvalue weighted by atomic mass is 16.3. The van der Waals surface area contributed by atoms with E-state index in [0.717, 1.165) is 5.56 Å². The summed E-state index contributed by atoms with van der Waals surface area (Å²) < 4.78 is 5.02. The van der Waals surface area contributed by atoms with Gasteiger partial charge in [0.05, 0.1) is 6.26 Å². The van der Waals surface area contributed by atoms with Crippen molar-refractivity contribution in [1.82, 2.24) is 10.6 Å². The van der Waals surface area contributed by atoms with Gasteiger partial charge in [0.2, 0.25) is 5.91 Å². The summed E-state index contributed by atoms with van der Waals surface area (Å²) in [6.07, 6.45) is 1.45. The van der Waals surface area contributed by atoms with Crippen LogP contribution in [0.2, 0.25) is 0 Å². The molecule has 1 rings (SSSR count). The molecular formula is C11H16N2O3. The van der Waals surface area contributed by atoms with Gasteiger partial charge in [-0.25, -0.2) is 0 Å². The number of amides is 2. The summed E-state index contributed by atoms with van der Waals surface area (Å²) >= 11 is 0. The van der Waals surface area contributed by atoms with Crippen molar-refractivity contribution in [3.63, 3.8) is 0 Å². The Balaban J connectivity index is 2.58. The van der Waals surface area contributed by atoms with Crippen molar-refractivity contribution in [2.24, 2.45) is 0 Å². The summed E-state index contributed by atoms with van der Waals surface area (Å²) in [4.78, 5) is 23.0. The van der Waals surface area contributed by atoms with E-state index >= 15 is 0 Å². The first-order valence-electron chi connectivity index (χ1n) is 5.19. The smallest absolute Gasteiger partial charge is 0.287 e. The Hall–Kier alpha value is -1.78. The minimum atomic E-state index is -0.572. The van der Waals surface area contributed by atoms with Gasteiger partial charge in [-0.15, -0.1) is 0 Å². The molecule has 2 amide bonds. The van der Waals surface area contributed by atoms with Crippen LogP contribution in [0.4, 0.5) is 0 Å². The van der Waals surface area contributed by atoms with Crippen LogP contribution in [0.15, 0.2) is 16.7 Å². The Kier molecular flexibility index (Phi) is 4.10. The number of furan rings is 1. The third-order valence-electron chi connectivity index (χ3n) is 2.16. The van der Waals surface area contributed by atoms with Gasteiger partial charge >= 0.3 is 0 Å². The fraction of sp³-hybridized carbons (Fsp3) is 0.455. The Bertz CT molecular complexity index is 384. The fourth-order valence-electron chi connectivity index (χ4n) is 1.26.